The van der Waals surface area contributed by atoms with Gasteiger partial charge in [-0.25, -0.2) is 0 Å². The third-order valence-corrected chi connectivity index (χ3v) is 6.85. The van der Waals surface area contributed by atoms with Crippen LogP contribution in [0.1, 0.15) is 56.7 Å². The Balaban J connectivity index is 2.31. The van der Waals surface area contributed by atoms with Crippen LogP contribution in [0.5, 0.6) is 11.5 Å². The SMILES string of the molecule is CO/N=C/c1c(C)c(Cl)c(OC)c(C/C=C(C)/C=C/C2(C)CC(N)CC[C@H]2C)c1O. The molecule has 3 N–H and O–H groups in total. The van der Waals surface area contributed by atoms with Crippen LogP contribution in [0.4, 0.5) is 0 Å². The van der Waals surface area contributed by atoms with Crippen molar-refractivity contribution in [2.45, 2.75) is 59.4 Å². The van der Waals surface area contributed by atoms with E-state index in [1.54, 1.807) is 7.11 Å². The van der Waals surface area contributed by atoms with Gasteiger partial charge in [0.1, 0.15) is 18.6 Å². The molecule has 2 rings (SSSR count). The highest BCUT2D eigenvalue weighted by Gasteiger charge is 2.34. The third kappa shape index (κ3) is 5.38. The summed E-state index contributed by atoms with van der Waals surface area (Å²) >= 11 is 6.50. The van der Waals surface area contributed by atoms with Gasteiger partial charge in [-0.3, -0.25) is 0 Å². The Kier molecular flexibility index (Phi) is 8.39. The van der Waals surface area contributed by atoms with Gasteiger partial charge in [0.05, 0.1) is 18.3 Å². The molecule has 5 nitrogen and oxygen atoms in total. The van der Waals surface area contributed by atoms with Gasteiger partial charge >= 0.3 is 0 Å². The Morgan fingerprint density at radius 3 is 2.70 bits per heavy atom. The number of ether oxygens (including phenoxy) is 1. The highest BCUT2D eigenvalue weighted by Crippen LogP contribution is 2.42. The maximum absolute atomic E-state index is 10.8. The highest BCUT2D eigenvalue weighted by molar-refractivity contribution is 6.33. The molecule has 0 bridgehead atoms. The molecule has 0 aromatic heterocycles. The summed E-state index contributed by atoms with van der Waals surface area (Å²) in [6.07, 6.45) is 11.7. The van der Waals surface area contributed by atoms with Gasteiger partial charge in [0.15, 0.2) is 0 Å². The molecular formula is C24H35ClN2O3. The van der Waals surface area contributed by atoms with Gasteiger partial charge in [-0.15, -0.1) is 0 Å². The van der Waals surface area contributed by atoms with Crippen molar-refractivity contribution in [3.05, 3.63) is 45.5 Å². The van der Waals surface area contributed by atoms with Crippen molar-refractivity contribution in [1.29, 1.82) is 0 Å². The second-order valence-electron chi connectivity index (χ2n) is 8.56. The van der Waals surface area contributed by atoms with E-state index < -0.39 is 0 Å². The van der Waals surface area contributed by atoms with Gasteiger partial charge in [0, 0.05) is 17.2 Å². The van der Waals surface area contributed by atoms with Crippen molar-refractivity contribution < 1.29 is 14.7 Å². The first kappa shape index (κ1) is 24.3. The fourth-order valence-electron chi connectivity index (χ4n) is 4.08. The van der Waals surface area contributed by atoms with Crippen molar-refractivity contribution in [3.8, 4) is 11.5 Å². The van der Waals surface area contributed by atoms with Gasteiger partial charge in [0.25, 0.3) is 0 Å². The molecule has 1 aromatic rings. The van der Waals surface area contributed by atoms with Crippen molar-refractivity contribution in [3.63, 3.8) is 0 Å². The third-order valence-electron chi connectivity index (χ3n) is 6.39. The Hall–Kier alpha value is -1.98. The molecule has 1 aliphatic carbocycles. The fraction of sp³-hybridized carbons (Fsp3) is 0.542. The Morgan fingerprint density at radius 2 is 2.07 bits per heavy atom. The number of rotatable bonds is 7. The minimum absolute atomic E-state index is 0.0985. The zero-order valence-electron chi connectivity index (χ0n) is 19.0. The molecule has 30 heavy (non-hydrogen) atoms. The molecule has 166 valence electrons. The molecule has 1 fully saturated rings. The van der Waals surface area contributed by atoms with E-state index in [9.17, 15) is 5.11 Å². The van der Waals surface area contributed by atoms with Crippen molar-refractivity contribution >= 4 is 17.8 Å². The van der Waals surface area contributed by atoms with Crippen LogP contribution in [0, 0.1) is 18.3 Å². The molecular weight excluding hydrogens is 400 g/mol. The number of benzene rings is 1. The summed E-state index contributed by atoms with van der Waals surface area (Å²) in [5.41, 5.74) is 9.25. The summed E-state index contributed by atoms with van der Waals surface area (Å²) in [4.78, 5) is 4.76. The second-order valence-corrected chi connectivity index (χ2v) is 8.94. The Bertz CT molecular complexity index is 848. The number of hydrogen-bond acceptors (Lipinski definition) is 5. The fourth-order valence-corrected chi connectivity index (χ4v) is 4.37. The number of allylic oxidation sites excluding steroid dienone is 4. The highest BCUT2D eigenvalue weighted by atomic mass is 35.5. The normalized spacial score (nSPS) is 25.3. The summed E-state index contributed by atoms with van der Waals surface area (Å²) < 4.78 is 5.50. The molecule has 3 atom stereocenters. The largest absolute Gasteiger partial charge is 0.507 e. The first-order chi connectivity index (χ1) is 14.1. The number of methoxy groups -OCH3 is 1. The van der Waals surface area contributed by atoms with E-state index in [0.29, 0.717) is 39.8 Å². The zero-order chi connectivity index (χ0) is 22.5. The molecule has 0 amide bonds. The molecule has 0 aliphatic heterocycles. The molecule has 0 saturated heterocycles. The Morgan fingerprint density at radius 1 is 1.37 bits per heavy atom. The average molecular weight is 435 g/mol. The topological polar surface area (TPSA) is 77.1 Å². The van der Waals surface area contributed by atoms with E-state index >= 15 is 0 Å². The number of oxime groups is 1. The molecule has 1 aliphatic rings. The van der Waals surface area contributed by atoms with Gasteiger partial charge in [-0.2, -0.15) is 0 Å². The van der Waals surface area contributed by atoms with Crippen LogP contribution in [-0.2, 0) is 11.3 Å². The van der Waals surface area contributed by atoms with Gasteiger partial charge in [-0.1, -0.05) is 54.4 Å². The Labute approximate surface area is 185 Å². The lowest BCUT2D eigenvalue weighted by Crippen LogP contribution is -2.38. The van der Waals surface area contributed by atoms with Gasteiger partial charge in [-0.05, 0) is 56.4 Å². The molecule has 0 spiro atoms. The van der Waals surface area contributed by atoms with E-state index in [0.717, 1.165) is 24.8 Å². The van der Waals surface area contributed by atoms with Crippen molar-refractivity contribution in [1.82, 2.24) is 0 Å². The first-order valence-corrected chi connectivity index (χ1v) is 10.8. The summed E-state index contributed by atoms with van der Waals surface area (Å²) in [5.74, 6) is 1.18. The lowest BCUT2D eigenvalue weighted by Gasteiger charge is -2.40. The van der Waals surface area contributed by atoms with E-state index in [2.05, 4.69) is 44.2 Å². The quantitative estimate of drug-likeness (QED) is 0.335. The second kappa shape index (κ2) is 10.4. The van der Waals surface area contributed by atoms with Crippen molar-refractivity contribution in [2.75, 3.05) is 14.2 Å². The van der Waals surface area contributed by atoms with Crippen LogP contribution in [0.15, 0.2) is 29.0 Å². The number of hydrogen-bond donors (Lipinski definition) is 2. The van der Waals surface area contributed by atoms with Crippen LogP contribution < -0.4 is 10.5 Å². The average Bonchev–Trinajstić information content (AvgIpc) is 2.71. The summed E-state index contributed by atoms with van der Waals surface area (Å²) in [6, 6.07) is 0.267. The lowest BCUT2D eigenvalue weighted by molar-refractivity contribution is 0.170. The minimum Gasteiger partial charge on any atom is -0.507 e. The molecule has 0 radical (unpaired) electrons. The number of phenolic OH excluding ortho intramolecular Hbond substituents is 1. The number of nitrogens with two attached hydrogens (primary N) is 1. The lowest BCUT2D eigenvalue weighted by atomic mass is 9.66. The van der Waals surface area contributed by atoms with E-state index in [4.69, 9.17) is 26.9 Å². The maximum atomic E-state index is 10.8. The zero-order valence-corrected chi connectivity index (χ0v) is 19.7. The number of aromatic hydroxyl groups is 1. The number of nitrogens with zero attached hydrogens (tertiary/aromatic N) is 1. The van der Waals surface area contributed by atoms with Crippen LogP contribution >= 0.6 is 11.6 Å². The molecule has 6 heteroatoms. The maximum Gasteiger partial charge on any atom is 0.144 e. The first-order valence-electron chi connectivity index (χ1n) is 10.4. The van der Waals surface area contributed by atoms with Crippen molar-refractivity contribution in [2.24, 2.45) is 22.2 Å². The predicted octanol–water partition coefficient (Wildman–Crippen LogP) is 5.54. The number of halogens is 1. The van der Waals surface area contributed by atoms with Crippen LogP contribution in [0.25, 0.3) is 0 Å². The summed E-state index contributed by atoms with van der Waals surface area (Å²) in [6.45, 7) is 8.46. The van der Waals surface area contributed by atoms with E-state index in [-0.39, 0.29) is 17.2 Å². The van der Waals surface area contributed by atoms with Crippen LogP contribution in [0.2, 0.25) is 5.02 Å². The van der Waals surface area contributed by atoms with E-state index in [1.165, 1.54) is 13.3 Å². The summed E-state index contributed by atoms with van der Waals surface area (Å²) in [7, 11) is 3.01. The van der Waals surface area contributed by atoms with Gasteiger partial charge in [0.2, 0.25) is 0 Å². The standard InChI is InChI=1S/C24H35ClN2O3/c1-15(11-12-24(4)13-18(26)9-8-16(24)2)7-10-19-22(28)20(14-27-30-6)17(3)21(25)23(19)29-5/h7,11-12,14,16,18,28H,8-10,13,26H2,1-6H3/b12-11+,15-7+,27-14+/t16-,18?,24?/m1/s1. The van der Waals surface area contributed by atoms with Gasteiger partial charge < -0.3 is 20.4 Å². The van der Waals surface area contributed by atoms with Crippen LogP contribution in [-0.4, -0.2) is 31.6 Å². The smallest absolute Gasteiger partial charge is 0.144 e. The number of phenols is 1. The predicted molar refractivity (Wildman–Crippen MR) is 125 cm³/mol. The van der Waals surface area contributed by atoms with E-state index in [1.807, 2.05) is 6.92 Å². The summed E-state index contributed by atoms with van der Waals surface area (Å²) in [5, 5.41) is 15.1. The monoisotopic (exact) mass is 434 g/mol. The molecule has 0 heterocycles. The molecule has 2 unspecified atom stereocenters. The minimum atomic E-state index is 0.0985. The van der Waals surface area contributed by atoms with Crippen LogP contribution in [0.3, 0.4) is 0 Å². The molecule has 1 saturated carbocycles. The molecule has 1 aromatic carbocycles.